The Kier molecular flexibility index (Phi) is 8.41. The minimum Gasteiger partial charge on any atom is -0.300 e. The predicted molar refractivity (Wildman–Crippen MR) is 61.4 cm³/mol. The monoisotopic (exact) mass is 236 g/mol. The van der Waals surface area contributed by atoms with Crippen LogP contribution in [-0.2, 0) is 13.6 Å². The van der Waals surface area contributed by atoms with Gasteiger partial charge in [-0.1, -0.05) is 18.7 Å². The van der Waals surface area contributed by atoms with Crippen molar-refractivity contribution in [3.63, 3.8) is 0 Å². The van der Waals surface area contributed by atoms with E-state index in [4.69, 9.17) is 9.05 Å². The first kappa shape index (κ1) is 14.1. The van der Waals surface area contributed by atoms with E-state index in [1.807, 2.05) is 0 Å². The molecule has 0 unspecified atom stereocenters. The van der Waals surface area contributed by atoms with Gasteiger partial charge < -0.3 is 0 Å². The Labute approximate surface area is 90.5 Å². The maximum atomic E-state index is 11.7. The highest BCUT2D eigenvalue weighted by Gasteiger charge is 2.19. The van der Waals surface area contributed by atoms with Crippen LogP contribution in [0.1, 0.15) is 27.2 Å². The summed E-state index contributed by atoms with van der Waals surface area (Å²) >= 11 is 1.44. The highest BCUT2D eigenvalue weighted by Crippen LogP contribution is 2.46. The molecule has 5 heteroatoms. The van der Waals surface area contributed by atoms with Crippen molar-refractivity contribution in [1.82, 2.24) is 0 Å². The minimum atomic E-state index is -3.14. The maximum absolute atomic E-state index is 11.7. The summed E-state index contributed by atoms with van der Waals surface area (Å²) in [5.74, 6) is 0.936. The summed E-state index contributed by atoms with van der Waals surface area (Å²) < 4.78 is 21.7. The Balaban J connectivity index is 4.17. The van der Waals surface area contributed by atoms with Crippen molar-refractivity contribution in [3.8, 4) is 10.9 Å². The quantitative estimate of drug-likeness (QED) is 0.402. The molecule has 0 aromatic heterocycles. The summed E-state index contributed by atoms with van der Waals surface area (Å²) in [6.07, 6.45) is 1.05. The standard InChI is InChI=1S/C9H17O3PS/c1-4-8-14-9-7-13(10,11-5-2)12-6-3/h4-6,8H2,1-3H3. The molecule has 0 N–H and O–H groups in total. The van der Waals surface area contributed by atoms with Crippen molar-refractivity contribution in [2.24, 2.45) is 0 Å². The fourth-order valence-corrected chi connectivity index (χ4v) is 2.58. The molecule has 0 rings (SSSR count). The van der Waals surface area contributed by atoms with Crippen LogP contribution in [0.5, 0.6) is 0 Å². The lowest BCUT2D eigenvalue weighted by atomic mass is 10.6. The van der Waals surface area contributed by atoms with E-state index in [2.05, 4.69) is 17.8 Å². The topological polar surface area (TPSA) is 35.5 Å². The molecule has 0 radical (unpaired) electrons. The molecule has 0 atom stereocenters. The molecule has 14 heavy (non-hydrogen) atoms. The van der Waals surface area contributed by atoms with Crippen molar-refractivity contribution in [1.29, 1.82) is 0 Å². The third-order valence-electron chi connectivity index (χ3n) is 1.16. The fourth-order valence-electron chi connectivity index (χ4n) is 0.683. The average molecular weight is 236 g/mol. The minimum absolute atomic E-state index is 0.352. The molecule has 0 saturated heterocycles. The lowest BCUT2D eigenvalue weighted by Crippen LogP contribution is -1.92. The second-order valence-electron chi connectivity index (χ2n) is 2.40. The lowest BCUT2D eigenvalue weighted by Gasteiger charge is -2.09. The maximum Gasteiger partial charge on any atom is 0.406 e. The largest absolute Gasteiger partial charge is 0.406 e. The average Bonchev–Trinajstić information content (AvgIpc) is 2.13. The number of hydrogen-bond donors (Lipinski definition) is 0. The summed E-state index contributed by atoms with van der Waals surface area (Å²) in [5.41, 5.74) is 2.56. The summed E-state index contributed by atoms with van der Waals surface area (Å²) in [5, 5.41) is 2.75. The summed E-state index contributed by atoms with van der Waals surface area (Å²) in [7, 11) is -3.14. The first-order valence-electron chi connectivity index (χ1n) is 4.71. The molecule has 0 aromatic rings. The van der Waals surface area contributed by atoms with E-state index in [0.717, 1.165) is 12.2 Å². The third-order valence-corrected chi connectivity index (χ3v) is 3.75. The Morgan fingerprint density at radius 3 is 2.21 bits per heavy atom. The first-order chi connectivity index (χ1) is 6.68. The van der Waals surface area contributed by atoms with Gasteiger partial charge in [-0.15, -0.1) is 0 Å². The van der Waals surface area contributed by atoms with E-state index >= 15 is 0 Å². The molecule has 0 aliphatic rings. The molecular weight excluding hydrogens is 219 g/mol. The Bertz CT molecular complexity index is 234. The van der Waals surface area contributed by atoms with Gasteiger partial charge in [-0.25, -0.2) is 4.57 Å². The van der Waals surface area contributed by atoms with Gasteiger partial charge in [0.25, 0.3) is 0 Å². The van der Waals surface area contributed by atoms with Crippen LogP contribution in [0.3, 0.4) is 0 Å². The molecule has 0 amide bonds. The van der Waals surface area contributed by atoms with Gasteiger partial charge in [0, 0.05) is 11.4 Å². The summed E-state index contributed by atoms with van der Waals surface area (Å²) in [6.45, 7) is 6.31. The van der Waals surface area contributed by atoms with Crippen molar-refractivity contribution < 1.29 is 13.6 Å². The first-order valence-corrected chi connectivity index (χ1v) is 7.24. The number of rotatable bonds is 6. The molecule has 0 bridgehead atoms. The normalized spacial score (nSPS) is 10.8. The van der Waals surface area contributed by atoms with Crippen molar-refractivity contribution in [3.05, 3.63) is 0 Å². The van der Waals surface area contributed by atoms with Crippen LogP contribution in [0.15, 0.2) is 0 Å². The van der Waals surface area contributed by atoms with Crippen LogP contribution >= 0.6 is 19.4 Å². The lowest BCUT2D eigenvalue weighted by molar-refractivity contribution is 0.231. The molecule has 82 valence electrons. The van der Waals surface area contributed by atoms with Crippen LogP contribution in [0, 0.1) is 10.9 Å². The summed E-state index contributed by atoms with van der Waals surface area (Å²) in [6, 6.07) is 0. The number of thioether (sulfide) groups is 1. The molecule has 0 aliphatic heterocycles. The van der Waals surface area contributed by atoms with Gasteiger partial charge >= 0.3 is 7.60 Å². The van der Waals surface area contributed by atoms with Crippen LogP contribution in [0.25, 0.3) is 0 Å². The Hall–Kier alpha value is 0.0600. The SMILES string of the molecule is CCCSC#CP(=O)(OCC)OCC. The van der Waals surface area contributed by atoms with Gasteiger partial charge in [-0.05, 0) is 25.5 Å². The second kappa shape index (κ2) is 8.38. The fraction of sp³-hybridized carbons (Fsp3) is 0.778. The number of hydrogen-bond acceptors (Lipinski definition) is 4. The zero-order chi connectivity index (χ0) is 10.9. The van der Waals surface area contributed by atoms with Crippen LogP contribution < -0.4 is 0 Å². The molecule has 0 saturated carbocycles. The van der Waals surface area contributed by atoms with Crippen molar-refractivity contribution >= 4 is 19.4 Å². The highest BCUT2D eigenvalue weighted by atomic mass is 32.2. The Morgan fingerprint density at radius 2 is 1.79 bits per heavy atom. The molecule has 0 aliphatic carbocycles. The van der Waals surface area contributed by atoms with E-state index in [1.54, 1.807) is 13.8 Å². The molecule has 0 spiro atoms. The van der Waals surface area contributed by atoms with E-state index < -0.39 is 7.60 Å². The molecule has 0 heterocycles. The Morgan fingerprint density at radius 1 is 1.21 bits per heavy atom. The van der Waals surface area contributed by atoms with Crippen LogP contribution in [0.2, 0.25) is 0 Å². The second-order valence-corrected chi connectivity index (χ2v) is 5.03. The molecular formula is C9H17O3PS. The zero-order valence-electron chi connectivity index (χ0n) is 8.91. The van der Waals surface area contributed by atoms with Gasteiger partial charge in [0.1, 0.15) is 0 Å². The smallest absolute Gasteiger partial charge is 0.300 e. The van der Waals surface area contributed by atoms with E-state index in [9.17, 15) is 4.57 Å². The molecule has 3 nitrogen and oxygen atoms in total. The van der Waals surface area contributed by atoms with Gasteiger partial charge in [-0.3, -0.25) is 9.05 Å². The molecule has 0 aromatic carbocycles. The van der Waals surface area contributed by atoms with Gasteiger partial charge in [0.15, 0.2) is 0 Å². The highest BCUT2D eigenvalue weighted by molar-refractivity contribution is 8.04. The van der Waals surface area contributed by atoms with Crippen molar-refractivity contribution in [2.45, 2.75) is 27.2 Å². The zero-order valence-corrected chi connectivity index (χ0v) is 10.6. The van der Waals surface area contributed by atoms with Gasteiger partial charge in [0.2, 0.25) is 0 Å². The van der Waals surface area contributed by atoms with Gasteiger partial charge in [0.05, 0.1) is 13.2 Å². The predicted octanol–water partition coefficient (Wildman–Crippen LogP) is 3.31. The van der Waals surface area contributed by atoms with Crippen LogP contribution in [0.4, 0.5) is 0 Å². The van der Waals surface area contributed by atoms with Gasteiger partial charge in [-0.2, -0.15) is 0 Å². The van der Waals surface area contributed by atoms with E-state index in [1.165, 1.54) is 11.8 Å². The third kappa shape index (κ3) is 6.50. The van der Waals surface area contributed by atoms with E-state index in [-0.39, 0.29) is 0 Å². The van der Waals surface area contributed by atoms with Crippen LogP contribution in [-0.4, -0.2) is 19.0 Å². The van der Waals surface area contributed by atoms with E-state index in [0.29, 0.717) is 13.2 Å². The van der Waals surface area contributed by atoms with Crippen molar-refractivity contribution in [2.75, 3.05) is 19.0 Å². The molecule has 0 fully saturated rings. The summed E-state index contributed by atoms with van der Waals surface area (Å²) in [4.78, 5) is 0.